The zero-order valence-electron chi connectivity index (χ0n) is 15.0. The van der Waals surface area contributed by atoms with Gasteiger partial charge < -0.3 is 20.2 Å². The summed E-state index contributed by atoms with van der Waals surface area (Å²) in [4.78, 5) is 24.3. The summed E-state index contributed by atoms with van der Waals surface area (Å²) in [5, 5.41) is 2.75. The van der Waals surface area contributed by atoms with Crippen LogP contribution in [0.4, 0.5) is 5.69 Å². The summed E-state index contributed by atoms with van der Waals surface area (Å²) in [6.45, 7) is 3.74. The minimum absolute atomic E-state index is 0.00740. The Morgan fingerprint density at radius 2 is 1.85 bits per heavy atom. The van der Waals surface area contributed by atoms with E-state index >= 15 is 0 Å². The number of halogens is 1. The van der Waals surface area contributed by atoms with Crippen LogP contribution in [0.3, 0.4) is 0 Å². The van der Waals surface area contributed by atoms with Crippen LogP contribution in [0.25, 0.3) is 0 Å². The standard InChI is InChI=1S/C19H20BrN3O4/c1-12(9-18(24)21-14-6-4-5-13(20)10-14)22-23-19(25)16-8-7-15(26-2)11-17(16)27-3/h4-8,10-11,22H,1,9H2,2-3H3,(H,21,24)(H,23,25). The summed E-state index contributed by atoms with van der Waals surface area (Å²) in [6, 6.07) is 12.1. The molecule has 2 amide bonds. The predicted molar refractivity (Wildman–Crippen MR) is 107 cm³/mol. The van der Waals surface area contributed by atoms with E-state index in [1.54, 1.807) is 30.3 Å². The van der Waals surface area contributed by atoms with Gasteiger partial charge in [-0.05, 0) is 30.3 Å². The first kappa shape index (κ1) is 20.3. The van der Waals surface area contributed by atoms with E-state index < -0.39 is 5.91 Å². The van der Waals surface area contributed by atoms with Crippen LogP contribution in [0.1, 0.15) is 16.8 Å². The number of ether oxygens (including phenoxy) is 2. The molecule has 0 radical (unpaired) electrons. The Bertz CT molecular complexity index is 855. The highest BCUT2D eigenvalue weighted by Crippen LogP contribution is 2.24. The van der Waals surface area contributed by atoms with E-state index in [4.69, 9.17) is 9.47 Å². The van der Waals surface area contributed by atoms with Crippen LogP contribution in [0.5, 0.6) is 11.5 Å². The van der Waals surface area contributed by atoms with Crippen LogP contribution in [-0.2, 0) is 4.79 Å². The van der Waals surface area contributed by atoms with Gasteiger partial charge in [0.2, 0.25) is 5.91 Å². The average molecular weight is 434 g/mol. The van der Waals surface area contributed by atoms with Gasteiger partial charge in [-0.25, -0.2) is 0 Å². The monoisotopic (exact) mass is 433 g/mol. The van der Waals surface area contributed by atoms with Gasteiger partial charge >= 0.3 is 0 Å². The maximum atomic E-state index is 12.3. The van der Waals surface area contributed by atoms with Crippen molar-refractivity contribution in [1.82, 2.24) is 10.9 Å². The molecule has 0 spiro atoms. The Morgan fingerprint density at radius 1 is 1.07 bits per heavy atom. The second kappa shape index (κ2) is 9.63. The molecule has 3 N–H and O–H groups in total. The Balaban J connectivity index is 1.87. The third-order valence-corrected chi connectivity index (χ3v) is 3.98. The number of benzene rings is 2. The van der Waals surface area contributed by atoms with E-state index in [0.717, 1.165) is 4.47 Å². The van der Waals surface area contributed by atoms with Crippen LogP contribution in [0, 0.1) is 0 Å². The van der Waals surface area contributed by atoms with Gasteiger partial charge in [-0.3, -0.25) is 15.0 Å². The molecular weight excluding hydrogens is 414 g/mol. The van der Waals surface area contributed by atoms with Crippen molar-refractivity contribution in [2.45, 2.75) is 6.42 Å². The van der Waals surface area contributed by atoms with Crippen molar-refractivity contribution < 1.29 is 19.1 Å². The molecule has 8 heteroatoms. The van der Waals surface area contributed by atoms with Gasteiger partial charge in [0, 0.05) is 21.9 Å². The lowest BCUT2D eigenvalue weighted by Crippen LogP contribution is -2.37. The van der Waals surface area contributed by atoms with Crippen molar-refractivity contribution in [3.05, 3.63) is 64.8 Å². The second-order valence-corrected chi connectivity index (χ2v) is 6.40. The average Bonchev–Trinajstić information content (AvgIpc) is 2.65. The summed E-state index contributed by atoms with van der Waals surface area (Å²) in [6.07, 6.45) is -0.00740. The van der Waals surface area contributed by atoms with E-state index in [1.165, 1.54) is 14.2 Å². The molecule has 7 nitrogen and oxygen atoms in total. The molecule has 27 heavy (non-hydrogen) atoms. The van der Waals surface area contributed by atoms with Crippen molar-refractivity contribution in [3.8, 4) is 11.5 Å². The number of nitrogens with one attached hydrogen (secondary N) is 3. The van der Waals surface area contributed by atoms with E-state index in [2.05, 4.69) is 38.7 Å². The van der Waals surface area contributed by atoms with Crippen molar-refractivity contribution in [3.63, 3.8) is 0 Å². The molecule has 0 saturated carbocycles. The molecule has 142 valence electrons. The lowest BCUT2D eigenvalue weighted by atomic mass is 10.2. The van der Waals surface area contributed by atoms with E-state index in [1.807, 2.05) is 12.1 Å². The smallest absolute Gasteiger partial charge is 0.273 e. The summed E-state index contributed by atoms with van der Waals surface area (Å²) >= 11 is 3.34. The van der Waals surface area contributed by atoms with E-state index in [9.17, 15) is 9.59 Å². The van der Waals surface area contributed by atoms with Crippen LogP contribution < -0.4 is 25.6 Å². The molecule has 0 aliphatic heterocycles. The molecule has 0 bridgehead atoms. The third kappa shape index (κ3) is 6.03. The number of carbonyl (C=O) groups excluding carboxylic acids is 2. The van der Waals surface area contributed by atoms with Crippen LogP contribution >= 0.6 is 15.9 Å². The number of methoxy groups -OCH3 is 2. The first-order valence-corrected chi connectivity index (χ1v) is 8.74. The molecule has 2 aromatic carbocycles. The van der Waals surface area contributed by atoms with Crippen molar-refractivity contribution in [2.24, 2.45) is 0 Å². The Labute approximate surface area is 165 Å². The van der Waals surface area contributed by atoms with Crippen LogP contribution in [0.2, 0.25) is 0 Å². The number of rotatable bonds is 8. The number of anilines is 1. The molecular formula is C19H20BrN3O4. The highest BCUT2D eigenvalue weighted by atomic mass is 79.9. The highest BCUT2D eigenvalue weighted by Gasteiger charge is 2.14. The molecule has 0 heterocycles. The highest BCUT2D eigenvalue weighted by molar-refractivity contribution is 9.10. The molecule has 2 rings (SSSR count). The maximum absolute atomic E-state index is 12.3. The largest absolute Gasteiger partial charge is 0.497 e. The number of hydrogen-bond acceptors (Lipinski definition) is 5. The minimum Gasteiger partial charge on any atom is -0.497 e. The fraction of sp³-hybridized carbons (Fsp3) is 0.158. The van der Waals surface area contributed by atoms with Gasteiger partial charge in [0.05, 0.1) is 26.2 Å². The topological polar surface area (TPSA) is 88.7 Å². The zero-order valence-corrected chi connectivity index (χ0v) is 16.6. The quantitative estimate of drug-likeness (QED) is 0.556. The van der Waals surface area contributed by atoms with Crippen LogP contribution in [0.15, 0.2) is 59.2 Å². The SMILES string of the molecule is C=C(CC(=O)Nc1cccc(Br)c1)NNC(=O)c1ccc(OC)cc1OC. The molecule has 0 unspecified atom stereocenters. The number of hydrazine groups is 1. The lowest BCUT2D eigenvalue weighted by molar-refractivity contribution is -0.115. The van der Waals surface area contributed by atoms with Gasteiger partial charge in [0.1, 0.15) is 11.5 Å². The maximum Gasteiger partial charge on any atom is 0.273 e. The number of hydrogen-bond donors (Lipinski definition) is 3. The molecule has 0 aromatic heterocycles. The summed E-state index contributed by atoms with van der Waals surface area (Å²) in [5.74, 6) is 0.251. The van der Waals surface area contributed by atoms with E-state index in [-0.39, 0.29) is 12.3 Å². The molecule has 0 saturated heterocycles. The van der Waals surface area contributed by atoms with Gasteiger partial charge in [0.25, 0.3) is 5.91 Å². The molecule has 2 aromatic rings. The minimum atomic E-state index is -0.428. The molecule has 0 fully saturated rings. The first-order chi connectivity index (χ1) is 12.9. The Hall–Kier alpha value is -3.00. The Kier molecular flexibility index (Phi) is 7.25. The van der Waals surface area contributed by atoms with Crippen molar-refractivity contribution in [1.29, 1.82) is 0 Å². The lowest BCUT2D eigenvalue weighted by Gasteiger charge is -2.13. The predicted octanol–water partition coefficient (Wildman–Crippen LogP) is 3.24. The third-order valence-electron chi connectivity index (χ3n) is 3.49. The Morgan fingerprint density at radius 3 is 2.52 bits per heavy atom. The molecule has 0 aliphatic rings. The van der Waals surface area contributed by atoms with Gasteiger partial charge in [-0.2, -0.15) is 0 Å². The van der Waals surface area contributed by atoms with Gasteiger partial charge in [0.15, 0.2) is 0 Å². The number of amides is 2. The van der Waals surface area contributed by atoms with Gasteiger partial charge in [-0.1, -0.05) is 28.6 Å². The fourth-order valence-electron chi connectivity index (χ4n) is 2.21. The van der Waals surface area contributed by atoms with Crippen molar-refractivity contribution >= 4 is 33.4 Å². The normalized spacial score (nSPS) is 9.89. The summed E-state index contributed by atoms with van der Waals surface area (Å²) in [5.41, 5.74) is 6.44. The summed E-state index contributed by atoms with van der Waals surface area (Å²) in [7, 11) is 2.99. The number of carbonyl (C=O) groups is 2. The van der Waals surface area contributed by atoms with E-state index in [0.29, 0.717) is 28.4 Å². The van der Waals surface area contributed by atoms with Crippen LogP contribution in [-0.4, -0.2) is 26.0 Å². The zero-order chi connectivity index (χ0) is 19.8. The molecule has 0 aliphatic carbocycles. The first-order valence-electron chi connectivity index (χ1n) is 7.94. The fourth-order valence-corrected chi connectivity index (χ4v) is 2.61. The second-order valence-electron chi connectivity index (χ2n) is 5.48. The summed E-state index contributed by atoms with van der Waals surface area (Å²) < 4.78 is 11.2. The molecule has 0 atom stereocenters. The van der Waals surface area contributed by atoms with Gasteiger partial charge in [-0.15, -0.1) is 0 Å². The van der Waals surface area contributed by atoms with Crippen molar-refractivity contribution in [2.75, 3.05) is 19.5 Å².